The minimum atomic E-state index is -1.11. The van der Waals surface area contributed by atoms with Crippen molar-refractivity contribution in [3.63, 3.8) is 0 Å². The van der Waals surface area contributed by atoms with E-state index in [1.54, 1.807) is 43.4 Å². The smallest absolute Gasteiger partial charge is 0.245 e. The van der Waals surface area contributed by atoms with E-state index in [-0.39, 0.29) is 23.8 Å². The summed E-state index contributed by atoms with van der Waals surface area (Å²) in [5.74, 6) is -1.20. The number of hydrogen-bond acceptors (Lipinski definition) is 4. The monoisotopic (exact) mass is 453 g/mol. The fourth-order valence-electron chi connectivity index (χ4n) is 4.83. The molecule has 1 aromatic heterocycles. The second-order valence-electron chi connectivity index (χ2n) is 9.17. The van der Waals surface area contributed by atoms with Gasteiger partial charge in [-0.05, 0) is 74.9 Å². The number of likely N-dealkylation sites (N-methyl/N-ethyl adjacent to an activating group) is 1. The molecule has 5 nitrogen and oxygen atoms in total. The first-order chi connectivity index (χ1) is 15.7. The molecule has 2 heterocycles. The maximum absolute atomic E-state index is 14.9. The fraction of sp³-hybridized carbons (Fsp3) is 0.385. The van der Waals surface area contributed by atoms with Crippen LogP contribution in [0.1, 0.15) is 55.7 Å². The zero-order valence-electron chi connectivity index (χ0n) is 18.9. The first kappa shape index (κ1) is 23.3. The number of amides is 1. The molecule has 1 aliphatic heterocycles. The second kappa shape index (κ2) is 9.15. The number of aliphatic hydroxyl groups excluding tert-OH is 1. The van der Waals surface area contributed by atoms with Crippen molar-refractivity contribution in [3.05, 3.63) is 83.7 Å². The molecule has 0 spiro atoms. The number of carbonyl (C=O) groups is 1. The van der Waals surface area contributed by atoms with Crippen LogP contribution in [0.3, 0.4) is 0 Å². The second-order valence-corrected chi connectivity index (χ2v) is 9.17. The summed E-state index contributed by atoms with van der Waals surface area (Å²) in [5.41, 5.74) is 1.38. The highest BCUT2D eigenvalue weighted by molar-refractivity contribution is 5.98. The molecule has 0 radical (unpaired) electrons. The van der Waals surface area contributed by atoms with Crippen molar-refractivity contribution in [2.75, 3.05) is 12.4 Å². The van der Waals surface area contributed by atoms with E-state index in [4.69, 9.17) is 0 Å². The SMILES string of the molecule is C=C1C[C@H](c2ccncc2NC(=O)C2(C)CC=C(F)C(c3ccccc3F)N2C)CC[C@@H]1O. The molecule has 33 heavy (non-hydrogen) atoms. The van der Waals surface area contributed by atoms with Crippen molar-refractivity contribution >= 4 is 11.6 Å². The molecule has 1 amide bonds. The van der Waals surface area contributed by atoms with Crippen LogP contribution in [0, 0.1) is 5.82 Å². The molecule has 2 unspecified atom stereocenters. The highest BCUT2D eigenvalue weighted by Crippen LogP contribution is 2.42. The quantitative estimate of drug-likeness (QED) is 0.637. The van der Waals surface area contributed by atoms with Gasteiger partial charge in [0.1, 0.15) is 17.2 Å². The lowest BCUT2D eigenvalue weighted by atomic mass is 9.80. The van der Waals surface area contributed by atoms with Crippen molar-refractivity contribution < 1.29 is 18.7 Å². The van der Waals surface area contributed by atoms with Crippen LogP contribution in [0.4, 0.5) is 14.5 Å². The Labute approximate surface area is 192 Å². The topological polar surface area (TPSA) is 65.5 Å². The van der Waals surface area contributed by atoms with Crippen LogP contribution >= 0.6 is 0 Å². The third kappa shape index (κ3) is 4.35. The molecule has 2 aliphatic rings. The van der Waals surface area contributed by atoms with Crippen LogP contribution < -0.4 is 5.32 Å². The molecule has 0 bridgehead atoms. The molecular weight excluding hydrogens is 424 g/mol. The van der Waals surface area contributed by atoms with Gasteiger partial charge in [0, 0.05) is 11.8 Å². The standard InChI is InChI=1S/C26H29F2N3O2/c1-16-14-17(8-9-23(16)32)18-11-13-29-15-22(18)30-25(33)26(2)12-10-21(28)24(31(26)3)19-6-4-5-7-20(19)27/h4-7,10-11,13,15,17,23-24,32H,1,8-9,12,14H2,2-3H3,(H,30,33)/t17-,23+,24?,26?/m1/s1. The summed E-state index contributed by atoms with van der Waals surface area (Å²) in [4.78, 5) is 19.3. The van der Waals surface area contributed by atoms with Gasteiger partial charge in [0.25, 0.3) is 0 Å². The van der Waals surface area contributed by atoms with Crippen LogP contribution in [0.2, 0.25) is 0 Å². The van der Waals surface area contributed by atoms with Crippen LogP contribution in [0.25, 0.3) is 0 Å². The van der Waals surface area contributed by atoms with E-state index in [0.717, 1.165) is 17.6 Å². The van der Waals surface area contributed by atoms with Crippen molar-refractivity contribution in [1.82, 2.24) is 9.88 Å². The zero-order valence-corrected chi connectivity index (χ0v) is 18.9. The van der Waals surface area contributed by atoms with Gasteiger partial charge >= 0.3 is 0 Å². The maximum atomic E-state index is 14.9. The predicted octanol–water partition coefficient (Wildman–Crippen LogP) is 5.03. The number of aliphatic hydroxyl groups is 1. The number of aromatic nitrogens is 1. The molecule has 1 fully saturated rings. The maximum Gasteiger partial charge on any atom is 0.245 e. The third-order valence-electron chi connectivity index (χ3n) is 7.12. The Morgan fingerprint density at radius 2 is 2.00 bits per heavy atom. The Balaban J connectivity index is 1.60. The molecule has 1 aromatic carbocycles. The van der Waals surface area contributed by atoms with Gasteiger partial charge in [0.15, 0.2) is 0 Å². The van der Waals surface area contributed by atoms with Gasteiger partial charge in [0.2, 0.25) is 5.91 Å². The Morgan fingerprint density at radius 1 is 1.24 bits per heavy atom. The van der Waals surface area contributed by atoms with Crippen molar-refractivity contribution in [1.29, 1.82) is 0 Å². The normalized spacial score (nSPS) is 28.3. The molecule has 7 heteroatoms. The first-order valence-corrected chi connectivity index (χ1v) is 11.2. The predicted molar refractivity (Wildman–Crippen MR) is 124 cm³/mol. The number of benzene rings is 1. The van der Waals surface area contributed by atoms with Crippen LogP contribution in [-0.4, -0.2) is 39.6 Å². The van der Waals surface area contributed by atoms with Gasteiger partial charge < -0.3 is 10.4 Å². The summed E-state index contributed by atoms with van der Waals surface area (Å²) in [6, 6.07) is 6.92. The van der Waals surface area contributed by atoms with Gasteiger partial charge in [0.05, 0.1) is 24.0 Å². The largest absolute Gasteiger partial charge is 0.389 e. The van der Waals surface area contributed by atoms with E-state index in [9.17, 15) is 18.7 Å². The molecule has 4 atom stereocenters. The van der Waals surface area contributed by atoms with Crippen LogP contribution in [0.5, 0.6) is 0 Å². The number of pyridine rings is 1. The summed E-state index contributed by atoms with van der Waals surface area (Å²) in [5, 5.41) is 13.0. The number of nitrogens with zero attached hydrogens (tertiary/aromatic N) is 2. The Kier molecular flexibility index (Phi) is 6.45. The molecule has 2 N–H and O–H groups in total. The Hall–Kier alpha value is -2.90. The van der Waals surface area contributed by atoms with Crippen LogP contribution in [-0.2, 0) is 4.79 Å². The molecular formula is C26H29F2N3O2. The summed E-state index contributed by atoms with van der Waals surface area (Å²) >= 11 is 0. The Morgan fingerprint density at radius 3 is 2.73 bits per heavy atom. The highest BCUT2D eigenvalue weighted by Gasteiger charge is 2.45. The van der Waals surface area contributed by atoms with E-state index in [0.29, 0.717) is 18.5 Å². The minimum Gasteiger partial charge on any atom is -0.389 e. The number of nitrogens with one attached hydrogen (secondary N) is 1. The highest BCUT2D eigenvalue weighted by atomic mass is 19.1. The van der Waals surface area contributed by atoms with Gasteiger partial charge in [-0.2, -0.15) is 0 Å². The van der Waals surface area contributed by atoms with Gasteiger partial charge in [-0.25, -0.2) is 8.78 Å². The van der Waals surface area contributed by atoms with E-state index in [1.165, 1.54) is 18.2 Å². The van der Waals surface area contributed by atoms with E-state index >= 15 is 0 Å². The lowest BCUT2D eigenvalue weighted by Crippen LogP contribution is -2.56. The zero-order chi connectivity index (χ0) is 23.8. The molecule has 174 valence electrons. The number of anilines is 1. The number of hydrogen-bond donors (Lipinski definition) is 2. The van der Waals surface area contributed by atoms with Crippen molar-refractivity contribution in [2.24, 2.45) is 0 Å². The van der Waals surface area contributed by atoms with Gasteiger partial charge in [-0.1, -0.05) is 24.8 Å². The molecule has 1 saturated carbocycles. The first-order valence-electron chi connectivity index (χ1n) is 11.2. The molecule has 0 saturated heterocycles. The van der Waals surface area contributed by atoms with E-state index < -0.39 is 29.3 Å². The molecule has 4 rings (SSSR count). The number of rotatable bonds is 4. The average Bonchev–Trinajstić information content (AvgIpc) is 2.80. The lowest BCUT2D eigenvalue weighted by molar-refractivity contribution is -0.128. The number of carbonyl (C=O) groups excluding carboxylic acids is 1. The summed E-state index contributed by atoms with van der Waals surface area (Å²) in [6.45, 7) is 5.71. The summed E-state index contributed by atoms with van der Waals surface area (Å²) in [7, 11) is 1.64. The lowest BCUT2D eigenvalue weighted by Gasteiger charge is -2.44. The van der Waals surface area contributed by atoms with E-state index in [2.05, 4.69) is 16.9 Å². The fourth-order valence-corrected chi connectivity index (χ4v) is 4.83. The molecule has 1 aliphatic carbocycles. The summed E-state index contributed by atoms with van der Waals surface area (Å²) < 4.78 is 29.3. The van der Waals surface area contributed by atoms with Crippen molar-refractivity contribution in [3.8, 4) is 0 Å². The molecule has 2 aromatic rings. The average molecular weight is 454 g/mol. The van der Waals surface area contributed by atoms with E-state index in [1.807, 2.05) is 6.07 Å². The van der Waals surface area contributed by atoms with Crippen molar-refractivity contribution in [2.45, 2.75) is 56.2 Å². The Bertz CT molecular complexity index is 1100. The summed E-state index contributed by atoms with van der Waals surface area (Å²) in [6.07, 6.45) is 6.34. The third-order valence-corrected chi connectivity index (χ3v) is 7.12. The van der Waals surface area contributed by atoms with Gasteiger partial charge in [-0.15, -0.1) is 0 Å². The minimum absolute atomic E-state index is 0.111. The van der Waals surface area contributed by atoms with Crippen LogP contribution in [0.15, 0.2) is 66.8 Å². The number of halogens is 2. The van der Waals surface area contributed by atoms with Gasteiger partial charge in [-0.3, -0.25) is 14.7 Å².